The summed E-state index contributed by atoms with van der Waals surface area (Å²) in [5.74, 6) is 0.682. The van der Waals surface area contributed by atoms with Gasteiger partial charge < -0.3 is 14.3 Å². The molecule has 0 aromatic heterocycles. The van der Waals surface area contributed by atoms with Crippen LogP contribution in [0.2, 0.25) is 5.04 Å². The van der Waals surface area contributed by atoms with Crippen molar-refractivity contribution in [3.63, 3.8) is 0 Å². The molecule has 31 heavy (non-hydrogen) atoms. The minimum Gasteiger partial charge on any atom is -0.405 e. The highest BCUT2D eigenvalue weighted by molar-refractivity contribution is 6.99. The highest BCUT2D eigenvalue weighted by Gasteiger charge is 2.50. The van der Waals surface area contributed by atoms with Crippen molar-refractivity contribution >= 4 is 18.7 Å². The van der Waals surface area contributed by atoms with Gasteiger partial charge in [-0.2, -0.15) is 0 Å². The summed E-state index contributed by atoms with van der Waals surface area (Å²) in [6.45, 7) is 10.3. The SMILES string of the molecule is C[C@@H]1CC[C@@H](CCC[C@H](O)CO[Si](c2ccccc2)(c2ccccc2)C(C)(C)C)OC1. The second kappa shape index (κ2) is 10.9. The standard InChI is InChI=1S/C27H40O3Si/c1-22-18-19-24(29-20-22)13-11-12-23(28)21-30-31(27(2,3)4,25-14-7-5-8-15-25)26-16-9-6-10-17-26/h5-10,14-17,22-24,28H,11-13,18-21H2,1-4H3/t22-,23+,24-/m1/s1. The number of rotatable bonds is 9. The van der Waals surface area contributed by atoms with Gasteiger partial charge in [-0.1, -0.05) is 88.4 Å². The van der Waals surface area contributed by atoms with Gasteiger partial charge in [-0.25, -0.2) is 0 Å². The van der Waals surface area contributed by atoms with Crippen LogP contribution in [0.15, 0.2) is 60.7 Å². The zero-order valence-corrected chi connectivity index (χ0v) is 20.7. The maximum absolute atomic E-state index is 10.8. The lowest BCUT2D eigenvalue weighted by molar-refractivity contribution is -0.0182. The molecule has 0 bridgehead atoms. The lowest BCUT2D eigenvalue weighted by Gasteiger charge is -2.43. The largest absolute Gasteiger partial charge is 0.405 e. The fraction of sp³-hybridized carbons (Fsp3) is 0.556. The number of aliphatic hydroxyl groups is 1. The van der Waals surface area contributed by atoms with Crippen molar-refractivity contribution < 1.29 is 14.3 Å². The molecule has 170 valence electrons. The lowest BCUT2D eigenvalue weighted by Crippen LogP contribution is -2.67. The zero-order valence-electron chi connectivity index (χ0n) is 19.7. The molecule has 1 fully saturated rings. The summed E-state index contributed by atoms with van der Waals surface area (Å²) in [5.41, 5.74) is 0. The lowest BCUT2D eigenvalue weighted by atomic mass is 9.97. The van der Waals surface area contributed by atoms with E-state index < -0.39 is 14.4 Å². The van der Waals surface area contributed by atoms with Gasteiger partial charge in [-0.05, 0) is 53.4 Å². The first-order chi connectivity index (χ1) is 14.8. The Bertz CT molecular complexity index is 725. The number of benzene rings is 2. The van der Waals surface area contributed by atoms with Gasteiger partial charge >= 0.3 is 0 Å². The molecule has 3 atom stereocenters. The van der Waals surface area contributed by atoms with E-state index in [0.717, 1.165) is 32.3 Å². The van der Waals surface area contributed by atoms with E-state index in [1.54, 1.807) is 0 Å². The molecule has 0 aliphatic carbocycles. The Morgan fingerprint density at radius 2 is 1.58 bits per heavy atom. The molecule has 1 aliphatic heterocycles. The van der Waals surface area contributed by atoms with Crippen LogP contribution in [0, 0.1) is 5.92 Å². The van der Waals surface area contributed by atoms with Crippen molar-refractivity contribution in [3.8, 4) is 0 Å². The first kappa shape index (κ1) is 24.2. The van der Waals surface area contributed by atoms with Gasteiger partial charge in [0.25, 0.3) is 8.32 Å². The molecule has 3 nitrogen and oxygen atoms in total. The van der Waals surface area contributed by atoms with Crippen LogP contribution < -0.4 is 10.4 Å². The summed E-state index contributed by atoms with van der Waals surface area (Å²) in [7, 11) is -2.58. The van der Waals surface area contributed by atoms with E-state index in [9.17, 15) is 5.11 Å². The molecule has 0 amide bonds. The Kier molecular flexibility index (Phi) is 8.51. The number of hydrogen-bond acceptors (Lipinski definition) is 3. The van der Waals surface area contributed by atoms with E-state index in [1.807, 2.05) is 0 Å². The molecule has 0 unspecified atom stereocenters. The second-order valence-electron chi connectivity index (χ2n) is 10.2. The molecule has 0 radical (unpaired) electrons. The Morgan fingerprint density at radius 3 is 2.06 bits per heavy atom. The molecule has 1 aliphatic rings. The Hall–Kier alpha value is -1.46. The second-order valence-corrected chi connectivity index (χ2v) is 14.5. The predicted octanol–water partition coefficient (Wildman–Crippen LogP) is 4.91. The number of hydrogen-bond donors (Lipinski definition) is 1. The first-order valence-electron chi connectivity index (χ1n) is 11.9. The van der Waals surface area contributed by atoms with Crippen LogP contribution in [0.3, 0.4) is 0 Å². The van der Waals surface area contributed by atoms with Gasteiger partial charge in [0.2, 0.25) is 0 Å². The summed E-state index contributed by atoms with van der Waals surface area (Å²) in [6, 6.07) is 21.3. The molecule has 2 aromatic rings. The maximum atomic E-state index is 10.8. The predicted molar refractivity (Wildman–Crippen MR) is 132 cm³/mol. The van der Waals surface area contributed by atoms with Crippen LogP contribution in [0.4, 0.5) is 0 Å². The summed E-state index contributed by atoms with van der Waals surface area (Å²) >= 11 is 0. The Labute approximate surface area is 189 Å². The summed E-state index contributed by atoms with van der Waals surface area (Å²) in [4.78, 5) is 0. The van der Waals surface area contributed by atoms with Crippen molar-refractivity contribution in [1.82, 2.24) is 0 Å². The third-order valence-corrected chi connectivity index (χ3v) is 11.6. The molecule has 2 aromatic carbocycles. The fourth-order valence-corrected chi connectivity index (χ4v) is 9.41. The average molecular weight is 441 g/mol. The van der Waals surface area contributed by atoms with Gasteiger partial charge in [0.05, 0.1) is 18.8 Å². The minimum absolute atomic E-state index is 0.0674. The third kappa shape index (κ3) is 6.07. The molecular formula is C27H40O3Si. The monoisotopic (exact) mass is 440 g/mol. The van der Waals surface area contributed by atoms with Crippen molar-refractivity contribution in [2.45, 2.75) is 77.0 Å². The van der Waals surface area contributed by atoms with Crippen LogP contribution >= 0.6 is 0 Å². The summed E-state index contributed by atoms with van der Waals surface area (Å²) in [6.07, 6.45) is 5.08. The van der Waals surface area contributed by atoms with Gasteiger partial charge in [0.15, 0.2) is 0 Å². The Balaban J connectivity index is 1.69. The molecule has 1 N–H and O–H groups in total. The zero-order chi connectivity index (χ0) is 22.3. The van der Waals surface area contributed by atoms with Crippen LogP contribution in [0.1, 0.15) is 59.8 Å². The molecular weight excluding hydrogens is 400 g/mol. The summed E-state index contributed by atoms with van der Waals surface area (Å²) < 4.78 is 12.8. The van der Waals surface area contributed by atoms with Crippen molar-refractivity contribution in [2.75, 3.05) is 13.2 Å². The smallest absolute Gasteiger partial charge is 0.261 e. The van der Waals surface area contributed by atoms with E-state index in [-0.39, 0.29) is 5.04 Å². The van der Waals surface area contributed by atoms with E-state index in [2.05, 4.69) is 88.4 Å². The fourth-order valence-electron chi connectivity index (χ4n) is 4.81. The molecule has 1 heterocycles. The van der Waals surface area contributed by atoms with Crippen LogP contribution in [-0.2, 0) is 9.16 Å². The highest BCUT2D eigenvalue weighted by atomic mass is 28.4. The maximum Gasteiger partial charge on any atom is 0.261 e. The Morgan fingerprint density at radius 1 is 1.00 bits per heavy atom. The van der Waals surface area contributed by atoms with Crippen molar-refractivity contribution in [1.29, 1.82) is 0 Å². The van der Waals surface area contributed by atoms with E-state index in [0.29, 0.717) is 18.6 Å². The molecule has 3 rings (SSSR count). The first-order valence-corrected chi connectivity index (χ1v) is 13.8. The number of ether oxygens (including phenoxy) is 1. The third-order valence-electron chi connectivity index (χ3n) is 6.57. The van der Waals surface area contributed by atoms with E-state index in [4.69, 9.17) is 9.16 Å². The topological polar surface area (TPSA) is 38.7 Å². The van der Waals surface area contributed by atoms with Gasteiger partial charge in [0, 0.05) is 6.61 Å². The van der Waals surface area contributed by atoms with Gasteiger partial charge in [-0.15, -0.1) is 0 Å². The van der Waals surface area contributed by atoms with Crippen molar-refractivity contribution in [2.24, 2.45) is 5.92 Å². The summed E-state index contributed by atoms with van der Waals surface area (Å²) in [5, 5.41) is 13.2. The molecule has 0 saturated carbocycles. The molecule has 0 spiro atoms. The molecule has 4 heteroatoms. The quantitative estimate of drug-likeness (QED) is 0.563. The van der Waals surface area contributed by atoms with E-state index in [1.165, 1.54) is 16.8 Å². The van der Waals surface area contributed by atoms with Crippen LogP contribution in [0.5, 0.6) is 0 Å². The van der Waals surface area contributed by atoms with Gasteiger partial charge in [-0.3, -0.25) is 0 Å². The van der Waals surface area contributed by atoms with Crippen LogP contribution in [0.25, 0.3) is 0 Å². The molecule has 1 saturated heterocycles. The number of aliphatic hydroxyl groups excluding tert-OH is 1. The average Bonchev–Trinajstić information content (AvgIpc) is 2.76. The van der Waals surface area contributed by atoms with Gasteiger partial charge in [0.1, 0.15) is 0 Å². The van der Waals surface area contributed by atoms with E-state index >= 15 is 0 Å². The van der Waals surface area contributed by atoms with Crippen molar-refractivity contribution in [3.05, 3.63) is 60.7 Å². The highest BCUT2D eigenvalue weighted by Crippen LogP contribution is 2.37. The normalized spacial score (nSPS) is 21.1. The minimum atomic E-state index is -2.58. The van der Waals surface area contributed by atoms with Crippen LogP contribution in [-0.4, -0.2) is 38.8 Å².